The second-order valence-electron chi connectivity index (χ2n) is 7.08. The van der Waals surface area contributed by atoms with Crippen LogP contribution in [0.5, 0.6) is 0 Å². The zero-order valence-electron chi connectivity index (χ0n) is 16.9. The van der Waals surface area contributed by atoms with Gasteiger partial charge in [0.25, 0.3) is 0 Å². The average molecular weight is 426 g/mol. The summed E-state index contributed by atoms with van der Waals surface area (Å²) < 4.78 is 0. The Bertz CT molecular complexity index is 659. The van der Waals surface area contributed by atoms with Gasteiger partial charge in [-0.25, -0.2) is 4.79 Å². The van der Waals surface area contributed by atoms with E-state index in [0.29, 0.717) is 32.7 Å². The first kappa shape index (κ1) is 24.7. The maximum Gasteiger partial charge on any atom is 0.317 e. The maximum absolute atomic E-state index is 12.4. The predicted octanol–water partition coefficient (Wildman–Crippen LogP) is 0.953. The largest absolute Gasteiger partial charge is 0.355 e. The minimum atomic E-state index is -0.214. The number of piperidine rings is 1. The summed E-state index contributed by atoms with van der Waals surface area (Å²) in [5.41, 5.74) is 6.45. The first-order valence-corrected chi connectivity index (χ1v) is 9.79. The Morgan fingerprint density at radius 2 is 1.90 bits per heavy atom. The first-order valence-electron chi connectivity index (χ1n) is 9.79. The van der Waals surface area contributed by atoms with E-state index in [4.69, 9.17) is 5.73 Å². The Labute approximate surface area is 178 Å². The van der Waals surface area contributed by atoms with E-state index in [2.05, 4.69) is 10.6 Å². The van der Waals surface area contributed by atoms with E-state index in [1.165, 1.54) is 0 Å². The van der Waals surface area contributed by atoms with E-state index >= 15 is 0 Å². The molecule has 4 N–H and O–H groups in total. The highest BCUT2D eigenvalue weighted by atomic mass is 35.5. The fourth-order valence-corrected chi connectivity index (χ4v) is 3.26. The van der Waals surface area contributed by atoms with E-state index in [0.717, 1.165) is 18.4 Å². The monoisotopic (exact) mass is 425 g/mol. The molecule has 0 saturated carbocycles. The topological polar surface area (TPSA) is 108 Å². The maximum atomic E-state index is 12.4. The number of carbonyl (C=O) groups excluding carboxylic acids is 3. The molecular formula is C20H32ClN5O3. The van der Waals surface area contributed by atoms with E-state index < -0.39 is 0 Å². The van der Waals surface area contributed by atoms with Crippen LogP contribution in [0.1, 0.15) is 24.8 Å². The Hall–Kier alpha value is -2.32. The molecule has 1 aliphatic rings. The molecule has 2 rings (SSSR count). The third-order valence-corrected chi connectivity index (χ3v) is 4.81. The average Bonchev–Trinajstić information content (AvgIpc) is 2.72. The van der Waals surface area contributed by atoms with E-state index in [1.54, 1.807) is 16.8 Å². The van der Waals surface area contributed by atoms with Crippen LogP contribution in [0.4, 0.5) is 4.79 Å². The lowest BCUT2D eigenvalue weighted by molar-refractivity contribution is -0.135. The number of urea groups is 1. The van der Waals surface area contributed by atoms with Gasteiger partial charge in [-0.1, -0.05) is 30.3 Å². The van der Waals surface area contributed by atoms with Crippen molar-refractivity contribution in [3.05, 3.63) is 35.9 Å². The Morgan fingerprint density at radius 3 is 2.59 bits per heavy atom. The highest BCUT2D eigenvalue weighted by molar-refractivity contribution is 5.85. The number of nitrogens with two attached hydrogens (primary N) is 1. The van der Waals surface area contributed by atoms with Crippen LogP contribution < -0.4 is 16.4 Å². The highest BCUT2D eigenvalue weighted by Gasteiger charge is 2.28. The molecule has 1 fully saturated rings. The lowest BCUT2D eigenvalue weighted by atomic mass is 9.97. The molecule has 1 unspecified atom stereocenters. The third kappa shape index (κ3) is 8.29. The summed E-state index contributed by atoms with van der Waals surface area (Å²) in [4.78, 5) is 40.0. The summed E-state index contributed by atoms with van der Waals surface area (Å²) in [6, 6.07) is 9.51. The molecule has 29 heavy (non-hydrogen) atoms. The summed E-state index contributed by atoms with van der Waals surface area (Å²) in [5, 5.41) is 5.57. The summed E-state index contributed by atoms with van der Waals surface area (Å²) in [7, 11) is 1.72. The van der Waals surface area contributed by atoms with Crippen molar-refractivity contribution in [1.29, 1.82) is 0 Å². The molecule has 1 aromatic carbocycles. The molecule has 162 valence electrons. The number of likely N-dealkylation sites (tertiary alicyclic amines) is 1. The fraction of sp³-hybridized carbons (Fsp3) is 0.550. The molecule has 1 aliphatic heterocycles. The van der Waals surface area contributed by atoms with Crippen LogP contribution in [-0.2, 0) is 16.1 Å². The number of carbonyl (C=O) groups is 3. The van der Waals surface area contributed by atoms with Crippen LogP contribution >= 0.6 is 12.4 Å². The van der Waals surface area contributed by atoms with Gasteiger partial charge >= 0.3 is 6.03 Å². The molecule has 4 amide bonds. The molecule has 0 radical (unpaired) electrons. The molecule has 9 heteroatoms. The van der Waals surface area contributed by atoms with Crippen LogP contribution in [0, 0.1) is 5.92 Å². The normalized spacial score (nSPS) is 15.8. The molecule has 0 aliphatic carbocycles. The summed E-state index contributed by atoms with van der Waals surface area (Å²) in [5.74, 6) is -0.267. The molecule has 1 saturated heterocycles. The van der Waals surface area contributed by atoms with Gasteiger partial charge in [-0.3, -0.25) is 9.59 Å². The summed E-state index contributed by atoms with van der Waals surface area (Å²) in [6.07, 6.45) is 1.81. The van der Waals surface area contributed by atoms with E-state index in [-0.39, 0.29) is 49.1 Å². The van der Waals surface area contributed by atoms with Gasteiger partial charge in [0.1, 0.15) is 0 Å². The van der Waals surface area contributed by atoms with Crippen LogP contribution in [-0.4, -0.2) is 67.4 Å². The van der Waals surface area contributed by atoms with Crippen LogP contribution in [0.3, 0.4) is 0 Å². The second-order valence-corrected chi connectivity index (χ2v) is 7.08. The van der Waals surface area contributed by atoms with Gasteiger partial charge in [-0.15, -0.1) is 12.4 Å². The van der Waals surface area contributed by atoms with Gasteiger partial charge in [0.05, 0.1) is 5.92 Å². The smallest absolute Gasteiger partial charge is 0.317 e. The summed E-state index contributed by atoms with van der Waals surface area (Å²) >= 11 is 0. The number of nitrogens with one attached hydrogen (secondary N) is 2. The Morgan fingerprint density at radius 1 is 1.17 bits per heavy atom. The number of halogens is 1. The molecular weight excluding hydrogens is 394 g/mol. The molecule has 0 aromatic heterocycles. The summed E-state index contributed by atoms with van der Waals surface area (Å²) in [6.45, 7) is 2.72. The molecule has 1 atom stereocenters. The number of nitrogens with zero attached hydrogens (tertiary/aromatic N) is 2. The lowest BCUT2D eigenvalue weighted by Gasteiger charge is -2.32. The van der Waals surface area contributed by atoms with Crippen molar-refractivity contribution in [2.45, 2.75) is 25.8 Å². The van der Waals surface area contributed by atoms with Gasteiger partial charge < -0.3 is 26.2 Å². The van der Waals surface area contributed by atoms with Crippen molar-refractivity contribution in [2.75, 3.05) is 39.8 Å². The van der Waals surface area contributed by atoms with Crippen LogP contribution in [0.15, 0.2) is 30.3 Å². The number of benzene rings is 1. The third-order valence-electron chi connectivity index (χ3n) is 4.81. The van der Waals surface area contributed by atoms with Crippen LogP contribution in [0.25, 0.3) is 0 Å². The minimum Gasteiger partial charge on any atom is -0.355 e. The van der Waals surface area contributed by atoms with Gasteiger partial charge in [-0.2, -0.15) is 0 Å². The Balaban J connectivity index is 0.00000420. The quantitative estimate of drug-likeness (QED) is 0.576. The molecule has 8 nitrogen and oxygen atoms in total. The molecule has 1 aromatic rings. The van der Waals surface area contributed by atoms with E-state index in [9.17, 15) is 14.4 Å². The van der Waals surface area contributed by atoms with Gasteiger partial charge in [0.2, 0.25) is 11.8 Å². The number of hydrogen-bond donors (Lipinski definition) is 3. The molecule has 0 bridgehead atoms. The van der Waals surface area contributed by atoms with Crippen molar-refractivity contribution in [3.63, 3.8) is 0 Å². The Kier molecular flexibility index (Phi) is 11.1. The van der Waals surface area contributed by atoms with Crippen molar-refractivity contribution in [3.8, 4) is 0 Å². The SMILES string of the molecule is CN(Cc1ccccc1)C(=O)NCCC(=O)N1CCCC(C(=O)NCCN)C1.Cl. The fourth-order valence-electron chi connectivity index (χ4n) is 3.26. The van der Waals surface area contributed by atoms with Crippen molar-refractivity contribution in [2.24, 2.45) is 11.7 Å². The number of rotatable bonds is 8. The lowest BCUT2D eigenvalue weighted by Crippen LogP contribution is -2.47. The molecule has 0 spiro atoms. The highest BCUT2D eigenvalue weighted by Crippen LogP contribution is 2.17. The van der Waals surface area contributed by atoms with Gasteiger partial charge in [0.15, 0.2) is 0 Å². The zero-order chi connectivity index (χ0) is 20.4. The first-order chi connectivity index (χ1) is 13.5. The molecule has 1 heterocycles. The minimum absolute atomic E-state index is 0. The standard InChI is InChI=1S/C20H31N5O3.ClH/c1-24(14-16-6-3-2-4-7-16)20(28)23-11-9-18(26)25-13-5-8-17(15-25)19(27)22-12-10-21;/h2-4,6-7,17H,5,8-15,21H2,1H3,(H,22,27)(H,23,28);1H. The number of amides is 4. The van der Waals surface area contributed by atoms with Crippen molar-refractivity contribution < 1.29 is 14.4 Å². The van der Waals surface area contributed by atoms with Gasteiger partial charge in [-0.05, 0) is 18.4 Å². The van der Waals surface area contributed by atoms with Crippen molar-refractivity contribution in [1.82, 2.24) is 20.4 Å². The second kappa shape index (κ2) is 13.0. The predicted molar refractivity (Wildman–Crippen MR) is 115 cm³/mol. The van der Waals surface area contributed by atoms with E-state index in [1.807, 2.05) is 30.3 Å². The van der Waals surface area contributed by atoms with Crippen molar-refractivity contribution >= 4 is 30.3 Å². The number of hydrogen-bond acceptors (Lipinski definition) is 4. The van der Waals surface area contributed by atoms with Gasteiger partial charge in [0, 0.05) is 52.7 Å². The zero-order valence-corrected chi connectivity index (χ0v) is 17.7. The van der Waals surface area contributed by atoms with Crippen LogP contribution in [0.2, 0.25) is 0 Å².